The van der Waals surface area contributed by atoms with Gasteiger partial charge in [-0.15, -0.1) is 0 Å². The van der Waals surface area contributed by atoms with Crippen molar-refractivity contribution in [3.63, 3.8) is 0 Å². The highest BCUT2D eigenvalue weighted by Gasteiger charge is 2.23. The maximum Gasteiger partial charge on any atom is 0.126 e. The zero-order valence-electron chi connectivity index (χ0n) is 10.9. The van der Waals surface area contributed by atoms with Crippen LogP contribution in [-0.4, -0.2) is 16.1 Å². The third kappa shape index (κ3) is 1.97. The number of hydrogen-bond acceptors (Lipinski definition) is 3. The summed E-state index contributed by atoms with van der Waals surface area (Å²) in [5, 5.41) is 3.52. The minimum absolute atomic E-state index is 0.193. The van der Waals surface area contributed by atoms with Gasteiger partial charge in [-0.25, -0.2) is 4.98 Å². The van der Waals surface area contributed by atoms with Crippen LogP contribution in [0.4, 0.5) is 0 Å². The SMILES string of the molecule is Cc1ccc(C(C)n2cncc2C2CCCN2)o1. The molecule has 0 saturated carbocycles. The number of aromatic nitrogens is 2. The van der Waals surface area contributed by atoms with Gasteiger partial charge in [0.1, 0.15) is 11.5 Å². The maximum absolute atomic E-state index is 5.72. The van der Waals surface area contributed by atoms with E-state index in [1.165, 1.54) is 18.5 Å². The molecule has 18 heavy (non-hydrogen) atoms. The molecule has 1 aliphatic rings. The summed E-state index contributed by atoms with van der Waals surface area (Å²) < 4.78 is 7.93. The molecule has 3 heterocycles. The summed E-state index contributed by atoms with van der Waals surface area (Å²) in [5.41, 5.74) is 1.26. The van der Waals surface area contributed by atoms with E-state index >= 15 is 0 Å². The Hall–Kier alpha value is -1.55. The van der Waals surface area contributed by atoms with Gasteiger partial charge in [-0.2, -0.15) is 0 Å². The summed E-state index contributed by atoms with van der Waals surface area (Å²) in [6.45, 7) is 5.23. The first-order valence-corrected chi connectivity index (χ1v) is 6.57. The Bertz CT molecular complexity index is 523. The lowest BCUT2D eigenvalue weighted by molar-refractivity contribution is 0.416. The fraction of sp³-hybridized carbons (Fsp3) is 0.500. The fourth-order valence-electron chi connectivity index (χ4n) is 2.66. The molecule has 0 bridgehead atoms. The van der Waals surface area contributed by atoms with E-state index in [2.05, 4.69) is 21.8 Å². The van der Waals surface area contributed by atoms with Gasteiger partial charge >= 0.3 is 0 Å². The van der Waals surface area contributed by atoms with Crippen LogP contribution in [0.3, 0.4) is 0 Å². The highest BCUT2D eigenvalue weighted by Crippen LogP contribution is 2.28. The summed E-state index contributed by atoms with van der Waals surface area (Å²) >= 11 is 0. The van der Waals surface area contributed by atoms with Crippen LogP contribution in [-0.2, 0) is 0 Å². The lowest BCUT2D eigenvalue weighted by atomic mass is 10.1. The van der Waals surface area contributed by atoms with Crippen molar-refractivity contribution in [2.24, 2.45) is 0 Å². The van der Waals surface area contributed by atoms with Gasteiger partial charge in [-0.3, -0.25) is 0 Å². The van der Waals surface area contributed by atoms with Crippen LogP contribution >= 0.6 is 0 Å². The van der Waals surface area contributed by atoms with Crippen LogP contribution in [0.5, 0.6) is 0 Å². The van der Waals surface area contributed by atoms with Crippen LogP contribution in [0.1, 0.15) is 49.1 Å². The third-order valence-electron chi connectivity index (χ3n) is 3.70. The number of nitrogens with zero attached hydrogens (tertiary/aromatic N) is 2. The van der Waals surface area contributed by atoms with E-state index < -0.39 is 0 Å². The predicted molar refractivity (Wildman–Crippen MR) is 69.5 cm³/mol. The van der Waals surface area contributed by atoms with Crippen LogP contribution in [0.2, 0.25) is 0 Å². The lowest BCUT2D eigenvalue weighted by Gasteiger charge is -2.18. The zero-order valence-corrected chi connectivity index (χ0v) is 10.9. The molecule has 0 aromatic carbocycles. The van der Waals surface area contributed by atoms with E-state index in [4.69, 9.17) is 4.42 Å². The minimum Gasteiger partial charge on any atom is -0.464 e. The minimum atomic E-state index is 0.193. The smallest absolute Gasteiger partial charge is 0.126 e. The molecule has 0 radical (unpaired) electrons. The molecule has 3 rings (SSSR count). The second kappa shape index (κ2) is 4.61. The molecule has 0 aliphatic carbocycles. The normalized spacial score (nSPS) is 21.3. The van der Waals surface area contributed by atoms with Gasteiger partial charge in [0.15, 0.2) is 0 Å². The number of furan rings is 1. The fourth-order valence-corrected chi connectivity index (χ4v) is 2.66. The number of rotatable bonds is 3. The van der Waals surface area contributed by atoms with Crippen LogP contribution in [0.25, 0.3) is 0 Å². The monoisotopic (exact) mass is 245 g/mol. The van der Waals surface area contributed by atoms with E-state index in [9.17, 15) is 0 Å². The standard InChI is InChI=1S/C14H19N3O/c1-10-5-6-14(18-10)11(2)17-9-15-8-13(17)12-4-3-7-16-12/h5-6,8-9,11-12,16H,3-4,7H2,1-2H3. The van der Waals surface area contributed by atoms with Gasteiger partial charge in [0.2, 0.25) is 0 Å². The van der Waals surface area contributed by atoms with Gasteiger partial charge in [-0.1, -0.05) is 0 Å². The number of imidazole rings is 1. The number of nitrogens with one attached hydrogen (secondary N) is 1. The number of hydrogen-bond donors (Lipinski definition) is 1. The summed E-state index contributed by atoms with van der Waals surface area (Å²) in [5.74, 6) is 1.95. The van der Waals surface area contributed by atoms with Crippen LogP contribution in [0.15, 0.2) is 29.1 Å². The van der Waals surface area contributed by atoms with Crippen molar-refractivity contribution in [1.29, 1.82) is 0 Å². The second-order valence-corrected chi connectivity index (χ2v) is 5.00. The summed E-state index contributed by atoms with van der Waals surface area (Å²) in [6, 6.07) is 4.69. The first-order valence-electron chi connectivity index (χ1n) is 6.57. The van der Waals surface area contributed by atoms with Crippen molar-refractivity contribution in [2.75, 3.05) is 6.54 Å². The van der Waals surface area contributed by atoms with Crippen LogP contribution < -0.4 is 5.32 Å². The second-order valence-electron chi connectivity index (χ2n) is 5.00. The molecular weight excluding hydrogens is 226 g/mol. The average molecular weight is 245 g/mol. The highest BCUT2D eigenvalue weighted by atomic mass is 16.3. The Balaban J connectivity index is 1.89. The quantitative estimate of drug-likeness (QED) is 0.904. The molecular formula is C14H19N3O. The van der Waals surface area contributed by atoms with E-state index in [0.717, 1.165) is 18.1 Å². The first kappa shape index (κ1) is 11.5. The van der Waals surface area contributed by atoms with Gasteiger partial charge in [-0.05, 0) is 45.4 Å². The van der Waals surface area contributed by atoms with Gasteiger partial charge in [0, 0.05) is 12.2 Å². The molecule has 2 atom stereocenters. The Morgan fingerprint density at radius 3 is 3.06 bits per heavy atom. The summed E-state index contributed by atoms with van der Waals surface area (Å²) in [7, 11) is 0. The summed E-state index contributed by atoms with van der Waals surface area (Å²) in [4.78, 5) is 4.30. The topological polar surface area (TPSA) is 43.0 Å². The van der Waals surface area contributed by atoms with Crippen molar-refractivity contribution in [2.45, 2.75) is 38.8 Å². The highest BCUT2D eigenvalue weighted by molar-refractivity contribution is 5.15. The maximum atomic E-state index is 5.72. The molecule has 1 aliphatic heterocycles. The van der Waals surface area contributed by atoms with E-state index in [1.807, 2.05) is 31.6 Å². The van der Waals surface area contributed by atoms with Crippen molar-refractivity contribution >= 4 is 0 Å². The van der Waals surface area contributed by atoms with Crippen molar-refractivity contribution < 1.29 is 4.42 Å². The first-order chi connectivity index (χ1) is 8.75. The van der Waals surface area contributed by atoms with E-state index in [-0.39, 0.29) is 6.04 Å². The largest absolute Gasteiger partial charge is 0.464 e. The van der Waals surface area contributed by atoms with Gasteiger partial charge in [0.25, 0.3) is 0 Å². The molecule has 1 N–H and O–H groups in total. The molecule has 2 aromatic rings. The van der Waals surface area contributed by atoms with Crippen LogP contribution in [0, 0.1) is 6.92 Å². The van der Waals surface area contributed by atoms with Gasteiger partial charge < -0.3 is 14.3 Å². The Morgan fingerprint density at radius 1 is 1.50 bits per heavy atom. The molecule has 1 fully saturated rings. The number of aryl methyl sites for hydroxylation is 1. The molecule has 0 spiro atoms. The van der Waals surface area contributed by atoms with E-state index in [1.54, 1.807) is 0 Å². The van der Waals surface area contributed by atoms with E-state index in [0.29, 0.717) is 6.04 Å². The van der Waals surface area contributed by atoms with Crippen molar-refractivity contribution in [3.05, 3.63) is 41.9 Å². The molecule has 1 saturated heterocycles. The third-order valence-corrected chi connectivity index (χ3v) is 3.70. The Labute approximate surface area is 107 Å². The molecule has 2 aromatic heterocycles. The lowest BCUT2D eigenvalue weighted by Crippen LogP contribution is -2.18. The van der Waals surface area contributed by atoms with Gasteiger partial charge in [0.05, 0.1) is 18.1 Å². The van der Waals surface area contributed by atoms with Crippen molar-refractivity contribution in [1.82, 2.24) is 14.9 Å². The zero-order chi connectivity index (χ0) is 12.5. The molecule has 4 nitrogen and oxygen atoms in total. The molecule has 96 valence electrons. The summed E-state index contributed by atoms with van der Waals surface area (Å²) in [6.07, 6.45) is 6.30. The predicted octanol–water partition coefficient (Wildman–Crippen LogP) is 2.82. The Morgan fingerprint density at radius 2 is 2.39 bits per heavy atom. The molecule has 2 unspecified atom stereocenters. The van der Waals surface area contributed by atoms with Crippen molar-refractivity contribution in [3.8, 4) is 0 Å². The molecule has 0 amide bonds. The average Bonchev–Trinajstić information content (AvgIpc) is 3.08. The molecule has 4 heteroatoms. The Kier molecular flexibility index (Phi) is 2.96.